The predicted octanol–water partition coefficient (Wildman–Crippen LogP) is 2.79. The quantitative estimate of drug-likeness (QED) is 0.516. The number of benzene rings is 2. The molecule has 2 N–H and O–H groups in total. The second kappa shape index (κ2) is 6.85. The summed E-state index contributed by atoms with van der Waals surface area (Å²) in [5.41, 5.74) is 9.50. The van der Waals surface area contributed by atoms with Gasteiger partial charge < -0.3 is 10.5 Å². The van der Waals surface area contributed by atoms with E-state index in [1.165, 1.54) is 0 Å². The molecule has 9 heteroatoms. The molecule has 0 saturated heterocycles. The van der Waals surface area contributed by atoms with E-state index in [4.69, 9.17) is 10.5 Å². The molecule has 29 heavy (non-hydrogen) atoms. The smallest absolute Gasteiger partial charge is 0.249 e. The molecule has 8 nitrogen and oxygen atoms in total. The van der Waals surface area contributed by atoms with Gasteiger partial charge >= 0.3 is 0 Å². The highest BCUT2D eigenvalue weighted by Crippen LogP contribution is 2.33. The van der Waals surface area contributed by atoms with Crippen molar-refractivity contribution in [2.75, 3.05) is 19.1 Å². The minimum Gasteiger partial charge on any atom is -0.497 e. The molecule has 148 valence electrons. The number of ether oxygens (including phenoxy) is 1. The molecule has 0 atom stereocenters. The van der Waals surface area contributed by atoms with Crippen molar-refractivity contribution in [2.24, 2.45) is 0 Å². The first-order valence-electron chi connectivity index (χ1n) is 8.75. The van der Waals surface area contributed by atoms with Gasteiger partial charge in [0.1, 0.15) is 11.6 Å². The molecule has 0 aliphatic carbocycles. The molecule has 0 bridgehead atoms. The summed E-state index contributed by atoms with van der Waals surface area (Å²) in [6.07, 6.45) is 1.06. The van der Waals surface area contributed by atoms with Crippen LogP contribution in [0.2, 0.25) is 0 Å². The fourth-order valence-corrected chi connectivity index (χ4v) is 3.58. The lowest BCUT2D eigenvalue weighted by atomic mass is 10.1. The number of rotatable bonds is 4. The third-order valence-electron chi connectivity index (χ3n) is 4.49. The Balaban J connectivity index is 2.04. The van der Waals surface area contributed by atoms with Gasteiger partial charge in [0.2, 0.25) is 15.0 Å². The van der Waals surface area contributed by atoms with Crippen LogP contribution in [0, 0.1) is 6.92 Å². The molecule has 0 aliphatic heterocycles. The summed E-state index contributed by atoms with van der Waals surface area (Å²) >= 11 is 0. The van der Waals surface area contributed by atoms with E-state index in [9.17, 15) is 8.42 Å². The van der Waals surface area contributed by atoms with E-state index < -0.39 is 9.84 Å². The molecular weight excluding hydrogens is 390 g/mol. The lowest BCUT2D eigenvalue weighted by molar-refractivity contribution is 0.415. The van der Waals surface area contributed by atoms with Crippen LogP contribution in [0.1, 0.15) is 5.56 Å². The van der Waals surface area contributed by atoms with Gasteiger partial charge in [0.15, 0.2) is 5.65 Å². The highest BCUT2D eigenvalue weighted by atomic mass is 32.2. The highest BCUT2D eigenvalue weighted by molar-refractivity contribution is 7.90. The normalized spacial score (nSPS) is 11.7. The average Bonchev–Trinajstić information content (AvgIpc) is 3.03. The number of nitrogens with two attached hydrogens (primary N) is 1. The molecule has 0 saturated carbocycles. The zero-order valence-corrected chi connectivity index (χ0v) is 16.9. The van der Waals surface area contributed by atoms with Crippen LogP contribution < -0.4 is 10.5 Å². The second-order valence-electron chi connectivity index (χ2n) is 6.69. The number of nitrogens with zero attached hydrogens (tertiary/aromatic N) is 4. The van der Waals surface area contributed by atoms with E-state index in [0.29, 0.717) is 28.2 Å². The summed E-state index contributed by atoms with van der Waals surface area (Å²) in [7, 11) is -2.08. The van der Waals surface area contributed by atoms with Crippen LogP contribution in [-0.2, 0) is 9.84 Å². The van der Waals surface area contributed by atoms with Crippen LogP contribution >= 0.6 is 0 Å². The maximum Gasteiger partial charge on any atom is 0.249 e. The standard InChI is InChI=1S/C20H19N5O3S/c1-12-5-4-6-14(11-12)25-18(21)16-17(13-7-9-15(28-2)10-8-13)22-20(29(3,26)27)23-19(16)24-25/h4-11H,21H2,1-3H3. The van der Waals surface area contributed by atoms with Crippen LogP contribution in [-0.4, -0.2) is 41.5 Å². The first kappa shape index (κ1) is 18.9. The van der Waals surface area contributed by atoms with Crippen molar-refractivity contribution in [3.05, 3.63) is 54.1 Å². The van der Waals surface area contributed by atoms with Crippen LogP contribution in [0.15, 0.2) is 53.7 Å². The number of aryl methyl sites for hydroxylation is 1. The van der Waals surface area contributed by atoms with Crippen molar-refractivity contribution in [1.29, 1.82) is 0 Å². The molecule has 0 fully saturated rings. The fraction of sp³-hybridized carbons (Fsp3) is 0.150. The lowest BCUT2D eigenvalue weighted by Crippen LogP contribution is -2.05. The molecule has 2 aromatic carbocycles. The predicted molar refractivity (Wildman–Crippen MR) is 111 cm³/mol. The summed E-state index contributed by atoms with van der Waals surface area (Å²) < 4.78 is 31.1. The molecule has 2 heterocycles. The minimum absolute atomic E-state index is 0.213. The maximum atomic E-state index is 12.2. The van der Waals surface area contributed by atoms with Crippen LogP contribution in [0.3, 0.4) is 0 Å². The van der Waals surface area contributed by atoms with Gasteiger partial charge in [0.25, 0.3) is 0 Å². The monoisotopic (exact) mass is 409 g/mol. The largest absolute Gasteiger partial charge is 0.497 e. The third-order valence-corrected chi connectivity index (χ3v) is 5.34. The summed E-state index contributed by atoms with van der Waals surface area (Å²) in [6, 6.07) is 14.8. The lowest BCUT2D eigenvalue weighted by Gasteiger charge is -2.07. The Bertz CT molecular complexity index is 1330. The zero-order chi connectivity index (χ0) is 20.8. The van der Waals surface area contributed by atoms with E-state index in [0.717, 1.165) is 17.5 Å². The molecule has 0 amide bonds. The molecule has 4 rings (SSSR count). The van der Waals surface area contributed by atoms with Crippen molar-refractivity contribution in [3.63, 3.8) is 0 Å². The summed E-state index contributed by atoms with van der Waals surface area (Å²) in [5, 5.41) is 4.66. The van der Waals surface area contributed by atoms with Gasteiger partial charge in [0, 0.05) is 11.8 Å². The average molecular weight is 409 g/mol. The molecule has 4 aromatic rings. The molecular formula is C20H19N5O3S. The molecule has 0 spiro atoms. The first-order valence-corrected chi connectivity index (χ1v) is 10.6. The van der Waals surface area contributed by atoms with Crippen LogP contribution in [0.4, 0.5) is 5.82 Å². The van der Waals surface area contributed by atoms with Crippen LogP contribution in [0.5, 0.6) is 5.75 Å². The number of fused-ring (bicyclic) bond motifs is 1. The molecule has 2 aromatic heterocycles. The Kier molecular flexibility index (Phi) is 4.46. The summed E-state index contributed by atoms with van der Waals surface area (Å²) in [4.78, 5) is 8.47. The van der Waals surface area contributed by atoms with Crippen molar-refractivity contribution >= 4 is 26.7 Å². The Morgan fingerprint density at radius 3 is 2.41 bits per heavy atom. The summed E-state index contributed by atoms with van der Waals surface area (Å²) in [5.74, 6) is 1.00. The van der Waals surface area contributed by atoms with Gasteiger partial charge in [-0.25, -0.2) is 18.1 Å². The van der Waals surface area contributed by atoms with Gasteiger partial charge in [-0.1, -0.05) is 12.1 Å². The number of hydrogen-bond donors (Lipinski definition) is 1. The minimum atomic E-state index is -3.65. The molecule has 0 radical (unpaired) electrons. The van der Waals surface area contributed by atoms with Gasteiger partial charge in [-0.05, 0) is 48.9 Å². The van der Waals surface area contributed by atoms with Gasteiger partial charge in [0.05, 0.1) is 23.9 Å². The Morgan fingerprint density at radius 2 is 1.79 bits per heavy atom. The van der Waals surface area contributed by atoms with Gasteiger partial charge in [-0.3, -0.25) is 0 Å². The van der Waals surface area contributed by atoms with E-state index in [2.05, 4.69) is 15.1 Å². The van der Waals surface area contributed by atoms with Crippen molar-refractivity contribution in [1.82, 2.24) is 19.7 Å². The van der Waals surface area contributed by atoms with Gasteiger partial charge in [-0.15, -0.1) is 5.10 Å². The Morgan fingerprint density at radius 1 is 1.07 bits per heavy atom. The number of sulfone groups is 1. The first-order chi connectivity index (χ1) is 13.8. The maximum absolute atomic E-state index is 12.2. The SMILES string of the molecule is COc1ccc(-c2nc(S(C)(=O)=O)nc3nn(-c4cccc(C)c4)c(N)c23)cc1. The fourth-order valence-electron chi connectivity index (χ4n) is 3.07. The highest BCUT2D eigenvalue weighted by Gasteiger charge is 2.22. The van der Waals surface area contributed by atoms with E-state index in [1.54, 1.807) is 36.1 Å². The number of anilines is 1. The van der Waals surface area contributed by atoms with E-state index >= 15 is 0 Å². The summed E-state index contributed by atoms with van der Waals surface area (Å²) in [6.45, 7) is 1.97. The zero-order valence-electron chi connectivity index (χ0n) is 16.1. The number of methoxy groups -OCH3 is 1. The van der Waals surface area contributed by atoms with E-state index in [1.807, 2.05) is 31.2 Å². The van der Waals surface area contributed by atoms with Crippen molar-refractivity contribution in [2.45, 2.75) is 12.1 Å². The Labute approximate surface area is 167 Å². The van der Waals surface area contributed by atoms with Crippen molar-refractivity contribution in [3.8, 4) is 22.7 Å². The molecule has 0 unspecified atom stereocenters. The topological polar surface area (TPSA) is 113 Å². The van der Waals surface area contributed by atoms with Crippen LogP contribution in [0.25, 0.3) is 28.0 Å². The number of nitrogen functional groups attached to an aromatic ring is 1. The van der Waals surface area contributed by atoms with Gasteiger partial charge in [-0.2, -0.15) is 4.98 Å². The number of hydrogen-bond acceptors (Lipinski definition) is 7. The number of aromatic nitrogens is 4. The van der Waals surface area contributed by atoms with E-state index in [-0.39, 0.29) is 10.8 Å². The third kappa shape index (κ3) is 3.40. The Hall–Kier alpha value is -3.46. The second-order valence-corrected chi connectivity index (χ2v) is 8.60. The van der Waals surface area contributed by atoms with Crippen molar-refractivity contribution < 1.29 is 13.2 Å². The molecule has 0 aliphatic rings.